The molecule has 29 heavy (non-hydrogen) atoms. The van der Waals surface area contributed by atoms with Gasteiger partial charge in [-0.3, -0.25) is 9.59 Å². The van der Waals surface area contributed by atoms with Gasteiger partial charge in [0.05, 0.1) is 0 Å². The Morgan fingerprint density at radius 1 is 0.759 bits per heavy atom. The maximum atomic E-state index is 13.9. The number of hydrogen-bond donors (Lipinski definition) is 0. The molecule has 4 nitrogen and oxygen atoms in total. The molecule has 0 bridgehead atoms. The number of carbonyl (C=O) groups is 2. The molecule has 1 aliphatic heterocycles. The van der Waals surface area contributed by atoms with Crippen LogP contribution in [-0.4, -0.2) is 40.2 Å². The monoisotopic (exact) mass is 396 g/mol. The molecule has 4 rings (SSSR count). The second kappa shape index (κ2) is 9.32. The number of benzene rings is 1. The topological polar surface area (TPSA) is 40.6 Å². The van der Waals surface area contributed by atoms with Crippen molar-refractivity contribution in [2.75, 3.05) is 6.54 Å². The molecule has 1 heterocycles. The summed E-state index contributed by atoms with van der Waals surface area (Å²) in [6, 6.07) is 8.16. The minimum Gasteiger partial charge on any atom is -0.328 e. The normalized spacial score (nSPS) is 25.8. The fourth-order valence-corrected chi connectivity index (χ4v) is 5.73. The third kappa shape index (κ3) is 4.36. The zero-order chi connectivity index (χ0) is 20.2. The SMILES string of the molecule is Cc1ccccc1[C@H]1C(=O)N(C2CCCCC2)CC(=O)N1C1CCCCCCC1. The minimum atomic E-state index is -0.441. The molecule has 0 spiro atoms. The Kier molecular flexibility index (Phi) is 6.56. The van der Waals surface area contributed by atoms with Gasteiger partial charge in [-0.15, -0.1) is 0 Å². The Hall–Kier alpha value is -1.84. The number of rotatable bonds is 3. The fourth-order valence-electron chi connectivity index (χ4n) is 5.73. The lowest BCUT2D eigenvalue weighted by molar-refractivity contribution is -0.162. The zero-order valence-corrected chi connectivity index (χ0v) is 17.9. The van der Waals surface area contributed by atoms with Crippen LogP contribution in [0.2, 0.25) is 0 Å². The van der Waals surface area contributed by atoms with Crippen LogP contribution in [0, 0.1) is 6.92 Å². The van der Waals surface area contributed by atoms with Gasteiger partial charge >= 0.3 is 0 Å². The number of nitrogens with zero attached hydrogens (tertiary/aromatic N) is 2. The maximum absolute atomic E-state index is 13.9. The van der Waals surface area contributed by atoms with E-state index in [-0.39, 0.29) is 30.4 Å². The van der Waals surface area contributed by atoms with Crippen molar-refractivity contribution in [2.24, 2.45) is 0 Å². The maximum Gasteiger partial charge on any atom is 0.250 e. The Balaban J connectivity index is 1.68. The van der Waals surface area contributed by atoms with Crippen molar-refractivity contribution < 1.29 is 9.59 Å². The Labute approximate surface area is 175 Å². The summed E-state index contributed by atoms with van der Waals surface area (Å²) >= 11 is 0. The smallest absolute Gasteiger partial charge is 0.250 e. The van der Waals surface area contributed by atoms with E-state index in [2.05, 4.69) is 19.1 Å². The van der Waals surface area contributed by atoms with E-state index in [1.807, 2.05) is 21.9 Å². The molecule has 0 aromatic heterocycles. The summed E-state index contributed by atoms with van der Waals surface area (Å²) in [6.45, 7) is 2.35. The quantitative estimate of drug-likeness (QED) is 0.709. The highest BCUT2D eigenvalue weighted by Crippen LogP contribution is 2.37. The van der Waals surface area contributed by atoms with Crippen LogP contribution < -0.4 is 0 Å². The lowest BCUT2D eigenvalue weighted by Gasteiger charge is -2.48. The number of amides is 2. The van der Waals surface area contributed by atoms with Gasteiger partial charge < -0.3 is 9.80 Å². The van der Waals surface area contributed by atoms with E-state index in [4.69, 9.17) is 0 Å². The van der Waals surface area contributed by atoms with Crippen molar-refractivity contribution in [1.29, 1.82) is 0 Å². The number of hydrogen-bond acceptors (Lipinski definition) is 2. The van der Waals surface area contributed by atoms with Crippen LogP contribution in [0.5, 0.6) is 0 Å². The summed E-state index contributed by atoms with van der Waals surface area (Å²) in [7, 11) is 0. The van der Waals surface area contributed by atoms with E-state index in [0.717, 1.165) is 49.7 Å². The van der Waals surface area contributed by atoms with Crippen molar-refractivity contribution in [3.63, 3.8) is 0 Å². The van der Waals surface area contributed by atoms with Crippen molar-refractivity contribution >= 4 is 11.8 Å². The first-order chi connectivity index (χ1) is 14.2. The van der Waals surface area contributed by atoms with Crippen LogP contribution in [0.3, 0.4) is 0 Å². The summed E-state index contributed by atoms with van der Waals surface area (Å²) in [6.07, 6.45) is 13.9. The van der Waals surface area contributed by atoms with Crippen molar-refractivity contribution in [3.05, 3.63) is 35.4 Å². The predicted octanol–water partition coefficient (Wildman–Crippen LogP) is 5.15. The zero-order valence-electron chi connectivity index (χ0n) is 17.9. The second-order valence-corrected chi connectivity index (χ2v) is 9.32. The molecule has 1 aromatic rings. The van der Waals surface area contributed by atoms with Crippen LogP contribution >= 0.6 is 0 Å². The van der Waals surface area contributed by atoms with E-state index in [9.17, 15) is 9.59 Å². The summed E-state index contributed by atoms with van der Waals surface area (Å²) in [5, 5.41) is 0. The van der Waals surface area contributed by atoms with Crippen LogP contribution in [0.15, 0.2) is 24.3 Å². The van der Waals surface area contributed by atoms with Gasteiger partial charge in [-0.1, -0.05) is 75.6 Å². The van der Waals surface area contributed by atoms with Crippen molar-refractivity contribution in [1.82, 2.24) is 9.80 Å². The predicted molar refractivity (Wildman–Crippen MR) is 115 cm³/mol. The number of piperazine rings is 1. The van der Waals surface area contributed by atoms with Gasteiger partial charge in [-0.2, -0.15) is 0 Å². The highest BCUT2D eigenvalue weighted by Gasteiger charge is 2.45. The number of aryl methyl sites for hydroxylation is 1. The van der Waals surface area contributed by atoms with Gasteiger partial charge in [0.2, 0.25) is 5.91 Å². The van der Waals surface area contributed by atoms with E-state index in [1.54, 1.807) is 0 Å². The molecule has 0 unspecified atom stereocenters. The minimum absolute atomic E-state index is 0.160. The molecule has 1 atom stereocenters. The summed E-state index contributed by atoms with van der Waals surface area (Å²) in [4.78, 5) is 31.3. The number of carbonyl (C=O) groups excluding carboxylic acids is 2. The largest absolute Gasteiger partial charge is 0.328 e. The standard InChI is InChI=1S/C25H36N2O2/c1-19-12-10-11-17-22(19)24-25(29)26(20-13-8-5-9-14-20)18-23(28)27(24)21-15-6-3-2-4-7-16-21/h10-12,17,20-21,24H,2-9,13-16,18H2,1H3/t24-/m0/s1. The molecule has 158 valence electrons. The average molecular weight is 397 g/mol. The van der Waals surface area contributed by atoms with Crippen molar-refractivity contribution in [2.45, 2.75) is 102 Å². The second-order valence-electron chi connectivity index (χ2n) is 9.32. The molecule has 0 radical (unpaired) electrons. The lowest BCUT2D eigenvalue weighted by atomic mass is 9.88. The van der Waals surface area contributed by atoms with E-state index < -0.39 is 6.04 Å². The van der Waals surface area contributed by atoms with Gasteiger partial charge in [0.25, 0.3) is 5.91 Å². The van der Waals surface area contributed by atoms with Crippen LogP contribution in [0.25, 0.3) is 0 Å². The summed E-state index contributed by atoms with van der Waals surface area (Å²) < 4.78 is 0. The van der Waals surface area contributed by atoms with Gasteiger partial charge in [0.15, 0.2) is 0 Å². The Morgan fingerprint density at radius 2 is 1.31 bits per heavy atom. The molecule has 1 aromatic carbocycles. The Bertz CT molecular complexity index is 717. The van der Waals surface area contributed by atoms with E-state index in [1.165, 1.54) is 38.5 Å². The molecule has 1 saturated heterocycles. The first-order valence-corrected chi connectivity index (χ1v) is 11.8. The van der Waals surface area contributed by atoms with Crippen LogP contribution in [0.1, 0.15) is 94.2 Å². The molecule has 4 heteroatoms. The van der Waals surface area contributed by atoms with Crippen LogP contribution in [-0.2, 0) is 9.59 Å². The molecule has 3 aliphatic rings. The van der Waals surface area contributed by atoms with Gasteiger partial charge in [-0.25, -0.2) is 0 Å². The lowest BCUT2D eigenvalue weighted by Crippen LogP contribution is -2.61. The first kappa shape index (κ1) is 20.4. The van der Waals surface area contributed by atoms with E-state index >= 15 is 0 Å². The third-order valence-electron chi connectivity index (χ3n) is 7.36. The highest BCUT2D eigenvalue weighted by atomic mass is 16.2. The van der Waals surface area contributed by atoms with Gasteiger partial charge in [-0.05, 0) is 43.7 Å². The highest BCUT2D eigenvalue weighted by molar-refractivity contribution is 5.96. The van der Waals surface area contributed by atoms with Crippen molar-refractivity contribution in [3.8, 4) is 0 Å². The molecular weight excluding hydrogens is 360 g/mol. The Morgan fingerprint density at radius 3 is 1.97 bits per heavy atom. The molecule has 0 N–H and O–H groups in total. The summed E-state index contributed by atoms with van der Waals surface area (Å²) in [5.41, 5.74) is 2.13. The summed E-state index contributed by atoms with van der Waals surface area (Å²) in [5.74, 6) is 0.321. The van der Waals surface area contributed by atoms with E-state index in [0.29, 0.717) is 0 Å². The van der Waals surface area contributed by atoms with Crippen LogP contribution in [0.4, 0.5) is 0 Å². The molecular formula is C25H36N2O2. The molecule has 2 amide bonds. The van der Waals surface area contributed by atoms with Gasteiger partial charge in [0.1, 0.15) is 12.6 Å². The van der Waals surface area contributed by atoms with Gasteiger partial charge in [0, 0.05) is 12.1 Å². The molecule has 3 fully saturated rings. The first-order valence-electron chi connectivity index (χ1n) is 11.8. The third-order valence-corrected chi connectivity index (χ3v) is 7.36. The molecule has 2 aliphatic carbocycles. The molecule has 2 saturated carbocycles. The average Bonchev–Trinajstić information content (AvgIpc) is 2.71. The fraction of sp³-hybridized carbons (Fsp3) is 0.680.